The first-order chi connectivity index (χ1) is 12.6. The number of piperidine rings is 1. The monoisotopic (exact) mass is 398 g/mol. The Morgan fingerprint density at radius 3 is 2.63 bits per heavy atom. The summed E-state index contributed by atoms with van der Waals surface area (Å²) in [6.45, 7) is 4.90. The number of likely N-dealkylation sites (tertiary alicyclic amines) is 1. The van der Waals surface area contributed by atoms with E-state index in [9.17, 15) is 9.90 Å². The second kappa shape index (κ2) is 9.73. The highest BCUT2D eigenvalue weighted by Gasteiger charge is 2.56. The highest BCUT2D eigenvalue weighted by molar-refractivity contribution is 5.97. The van der Waals surface area contributed by atoms with Crippen LogP contribution in [-0.2, 0) is 4.74 Å². The lowest BCUT2D eigenvalue weighted by atomic mass is 9.58. The minimum atomic E-state index is -0.345. The number of hydrogen-bond acceptors (Lipinski definition) is 5. The maximum absolute atomic E-state index is 13.0. The fraction of sp³-hybridized carbons (Fsp3) is 0.650. The third-order valence-electron chi connectivity index (χ3n) is 5.74. The number of amides is 1. The van der Waals surface area contributed by atoms with E-state index in [1.165, 1.54) is 0 Å². The van der Waals surface area contributed by atoms with Crippen molar-refractivity contribution in [2.75, 3.05) is 32.8 Å². The van der Waals surface area contributed by atoms with E-state index in [0.717, 1.165) is 19.3 Å². The molecule has 1 saturated carbocycles. The average molecular weight is 399 g/mol. The second-order valence-electron chi connectivity index (χ2n) is 7.27. The molecule has 3 rings (SSSR count). The van der Waals surface area contributed by atoms with Crippen LogP contribution >= 0.6 is 12.4 Å². The first kappa shape index (κ1) is 22.0. The fourth-order valence-corrected chi connectivity index (χ4v) is 4.10. The maximum Gasteiger partial charge on any atom is 0.257 e. The van der Waals surface area contributed by atoms with E-state index in [1.54, 1.807) is 0 Å². The second-order valence-corrected chi connectivity index (χ2v) is 7.27. The molecule has 1 saturated heterocycles. The van der Waals surface area contributed by atoms with Crippen molar-refractivity contribution in [2.24, 2.45) is 11.1 Å². The Bertz CT molecular complexity index is 620. The number of nitrogens with two attached hydrogens (primary N) is 1. The van der Waals surface area contributed by atoms with Gasteiger partial charge in [-0.3, -0.25) is 4.79 Å². The smallest absolute Gasteiger partial charge is 0.257 e. The first-order valence-electron chi connectivity index (χ1n) is 9.63. The summed E-state index contributed by atoms with van der Waals surface area (Å²) in [7, 11) is 0. The van der Waals surface area contributed by atoms with E-state index in [2.05, 4.69) is 0 Å². The number of para-hydroxylation sites is 1. The van der Waals surface area contributed by atoms with E-state index in [0.29, 0.717) is 50.6 Å². The predicted octanol–water partition coefficient (Wildman–Crippen LogP) is 2.23. The van der Waals surface area contributed by atoms with Gasteiger partial charge in [0.2, 0.25) is 0 Å². The van der Waals surface area contributed by atoms with Gasteiger partial charge in [0, 0.05) is 31.5 Å². The molecule has 152 valence electrons. The topological polar surface area (TPSA) is 85.0 Å². The zero-order chi connectivity index (χ0) is 18.6. The number of benzene rings is 1. The summed E-state index contributed by atoms with van der Waals surface area (Å²) in [4.78, 5) is 14.8. The van der Waals surface area contributed by atoms with E-state index in [-0.39, 0.29) is 35.9 Å². The molecule has 7 heteroatoms. The Morgan fingerprint density at radius 1 is 1.30 bits per heavy atom. The summed E-state index contributed by atoms with van der Waals surface area (Å²) in [6.07, 6.45) is 2.79. The molecule has 0 aromatic heterocycles. The Hall–Kier alpha value is -1.34. The Labute approximate surface area is 167 Å². The van der Waals surface area contributed by atoms with Crippen molar-refractivity contribution < 1.29 is 19.4 Å². The van der Waals surface area contributed by atoms with Crippen LogP contribution in [0.5, 0.6) is 5.75 Å². The molecular weight excluding hydrogens is 368 g/mol. The lowest BCUT2D eigenvalue weighted by Crippen LogP contribution is -2.62. The third kappa shape index (κ3) is 4.40. The molecule has 1 aromatic rings. The number of carbonyl (C=O) groups excluding carboxylic acids is 1. The number of carbonyl (C=O) groups is 1. The van der Waals surface area contributed by atoms with Gasteiger partial charge in [-0.15, -0.1) is 12.4 Å². The van der Waals surface area contributed by atoms with Crippen LogP contribution in [0.3, 0.4) is 0 Å². The average Bonchev–Trinajstić information content (AvgIpc) is 2.69. The Kier molecular flexibility index (Phi) is 7.91. The Morgan fingerprint density at radius 2 is 2.00 bits per heavy atom. The van der Waals surface area contributed by atoms with Gasteiger partial charge in [-0.05, 0) is 31.4 Å². The van der Waals surface area contributed by atoms with Gasteiger partial charge in [0.05, 0.1) is 31.0 Å². The highest BCUT2D eigenvalue weighted by Crippen LogP contribution is 2.51. The van der Waals surface area contributed by atoms with Crippen LogP contribution in [0.1, 0.15) is 43.0 Å². The molecule has 2 fully saturated rings. The van der Waals surface area contributed by atoms with Crippen LogP contribution in [0.2, 0.25) is 0 Å². The number of aliphatic hydroxyl groups excluding tert-OH is 1. The van der Waals surface area contributed by atoms with Gasteiger partial charge < -0.3 is 25.2 Å². The molecule has 2 aliphatic rings. The van der Waals surface area contributed by atoms with Crippen molar-refractivity contribution >= 4 is 18.3 Å². The summed E-state index contributed by atoms with van der Waals surface area (Å²) in [5.74, 6) is 0.646. The molecule has 27 heavy (non-hydrogen) atoms. The summed E-state index contributed by atoms with van der Waals surface area (Å²) in [5.41, 5.74) is 5.93. The molecular formula is C20H31ClN2O4. The molecule has 1 aliphatic carbocycles. The molecule has 0 unspecified atom stereocenters. The largest absolute Gasteiger partial charge is 0.493 e. The molecule has 2 atom stereocenters. The van der Waals surface area contributed by atoms with Crippen molar-refractivity contribution in [2.45, 2.75) is 44.8 Å². The van der Waals surface area contributed by atoms with Gasteiger partial charge in [-0.2, -0.15) is 0 Å². The molecule has 1 spiro atoms. The van der Waals surface area contributed by atoms with E-state index in [1.807, 2.05) is 36.1 Å². The third-order valence-corrected chi connectivity index (χ3v) is 5.74. The Balaban J connectivity index is 0.00000261. The fourth-order valence-electron chi connectivity index (χ4n) is 4.10. The lowest BCUT2D eigenvalue weighted by molar-refractivity contribution is -0.207. The molecule has 1 amide bonds. The van der Waals surface area contributed by atoms with Gasteiger partial charge in [-0.1, -0.05) is 19.1 Å². The number of aliphatic hydroxyl groups is 1. The molecule has 1 aromatic carbocycles. The van der Waals surface area contributed by atoms with Gasteiger partial charge in [-0.25, -0.2) is 0 Å². The quantitative estimate of drug-likeness (QED) is 0.735. The highest BCUT2D eigenvalue weighted by atomic mass is 35.5. The standard InChI is InChI=1S/C20H30N2O4.ClH/c1-2-12-25-16-6-4-3-5-15(16)19(24)22-10-7-20(8-11-22)17(23)14-18(20)26-13-9-21;/h3-6,17-18,23H,2,7-14,21H2,1H3;1H/t17-,18+;/m1./s1. The molecule has 1 aliphatic heterocycles. The number of ether oxygens (including phenoxy) is 2. The number of hydrogen-bond donors (Lipinski definition) is 2. The number of rotatable bonds is 7. The lowest BCUT2D eigenvalue weighted by Gasteiger charge is -2.56. The summed E-state index contributed by atoms with van der Waals surface area (Å²) in [5, 5.41) is 10.3. The van der Waals surface area contributed by atoms with Gasteiger partial charge in [0.15, 0.2) is 0 Å². The van der Waals surface area contributed by atoms with Crippen LogP contribution in [-0.4, -0.2) is 61.0 Å². The molecule has 0 bridgehead atoms. The normalized spacial score (nSPS) is 23.4. The zero-order valence-electron chi connectivity index (χ0n) is 15.9. The van der Waals surface area contributed by atoms with Crippen molar-refractivity contribution in [3.05, 3.63) is 29.8 Å². The molecule has 3 N–H and O–H groups in total. The summed E-state index contributed by atoms with van der Waals surface area (Å²) < 4.78 is 11.6. The minimum Gasteiger partial charge on any atom is -0.493 e. The number of nitrogens with zero attached hydrogens (tertiary/aromatic N) is 1. The summed E-state index contributed by atoms with van der Waals surface area (Å²) in [6, 6.07) is 7.42. The summed E-state index contributed by atoms with van der Waals surface area (Å²) >= 11 is 0. The van der Waals surface area contributed by atoms with E-state index < -0.39 is 0 Å². The van der Waals surface area contributed by atoms with Crippen molar-refractivity contribution in [3.8, 4) is 5.75 Å². The minimum absolute atomic E-state index is 0. The van der Waals surface area contributed by atoms with Crippen LogP contribution in [0, 0.1) is 5.41 Å². The first-order valence-corrected chi connectivity index (χ1v) is 9.63. The van der Waals surface area contributed by atoms with Crippen LogP contribution < -0.4 is 10.5 Å². The van der Waals surface area contributed by atoms with Crippen LogP contribution in [0.4, 0.5) is 0 Å². The molecule has 6 nitrogen and oxygen atoms in total. The maximum atomic E-state index is 13.0. The number of halogens is 1. The van der Waals surface area contributed by atoms with Gasteiger partial charge in [0.25, 0.3) is 5.91 Å². The molecule has 0 radical (unpaired) electrons. The van der Waals surface area contributed by atoms with Gasteiger partial charge in [0.1, 0.15) is 5.75 Å². The predicted molar refractivity (Wildman–Crippen MR) is 106 cm³/mol. The zero-order valence-corrected chi connectivity index (χ0v) is 16.7. The SMILES string of the molecule is CCCOc1ccccc1C(=O)N1CCC2(CC1)[C@H](O)C[C@@H]2OCCN.Cl. The van der Waals surface area contributed by atoms with E-state index in [4.69, 9.17) is 15.2 Å². The van der Waals surface area contributed by atoms with Crippen LogP contribution in [0.25, 0.3) is 0 Å². The van der Waals surface area contributed by atoms with Crippen molar-refractivity contribution in [1.82, 2.24) is 4.90 Å². The molecule has 1 heterocycles. The van der Waals surface area contributed by atoms with E-state index >= 15 is 0 Å². The van der Waals surface area contributed by atoms with Crippen molar-refractivity contribution in [1.29, 1.82) is 0 Å². The van der Waals surface area contributed by atoms with Crippen molar-refractivity contribution in [3.63, 3.8) is 0 Å². The van der Waals surface area contributed by atoms with Gasteiger partial charge >= 0.3 is 0 Å². The van der Waals surface area contributed by atoms with Crippen LogP contribution in [0.15, 0.2) is 24.3 Å².